The van der Waals surface area contributed by atoms with E-state index < -0.39 is 0 Å². The van der Waals surface area contributed by atoms with Gasteiger partial charge in [0.25, 0.3) is 0 Å². The number of carbonyl (C=O) groups excluding carboxylic acids is 3. The average molecular weight is 465 g/mol. The third-order valence-electron chi connectivity index (χ3n) is 4.80. The molecule has 2 heterocycles. The Bertz CT molecular complexity index is 887. The maximum atomic E-state index is 12.8. The van der Waals surface area contributed by atoms with Crippen molar-refractivity contribution in [2.45, 2.75) is 38.3 Å². The number of aromatic nitrogens is 1. The molecule has 1 aromatic carbocycles. The van der Waals surface area contributed by atoms with Crippen molar-refractivity contribution in [2.75, 3.05) is 25.0 Å². The van der Waals surface area contributed by atoms with E-state index in [4.69, 9.17) is 16.3 Å². The molecule has 3 rings (SSSR count). The number of hydrogen-bond donors (Lipinski definition) is 2. The van der Waals surface area contributed by atoms with Crippen molar-refractivity contribution < 1.29 is 19.1 Å². The predicted molar refractivity (Wildman–Crippen MR) is 119 cm³/mol. The Morgan fingerprint density at radius 1 is 1.23 bits per heavy atom. The topological polar surface area (TPSA) is 101 Å². The lowest BCUT2D eigenvalue weighted by atomic mass is 10.2. The van der Waals surface area contributed by atoms with Gasteiger partial charge >= 0.3 is 0 Å². The highest BCUT2D eigenvalue weighted by Gasteiger charge is 2.21. The lowest BCUT2D eigenvalue weighted by molar-refractivity contribution is -0.137. The molecule has 1 aliphatic heterocycles. The number of rotatable bonds is 10. The van der Waals surface area contributed by atoms with Gasteiger partial charge in [-0.3, -0.25) is 14.4 Å². The van der Waals surface area contributed by atoms with Gasteiger partial charge < -0.3 is 20.3 Å². The minimum absolute atomic E-state index is 0.00499. The second kappa shape index (κ2) is 11.8. The third-order valence-corrected chi connectivity index (χ3v) is 5.86. The molecule has 8 nitrogen and oxygen atoms in total. The maximum absolute atomic E-state index is 12.8. The second-order valence-corrected chi connectivity index (χ2v) is 8.47. The first-order chi connectivity index (χ1) is 15.0. The van der Waals surface area contributed by atoms with Crippen LogP contribution in [0.1, 0.15) is 31.2 Å². The number of anilines is 1. The van der Waals surface area contributed by atoms with Gasteiger partial charge in [-0.15, -0.1) is 11.3 Å². The largest absolute Gasteiger partial charge is 0.376 e. The summed E-state index contributed by atoms with van der Waals surface area (Å²) in [6, 6.07) is 7.17. The van der Waals surface area contributed by atoms with Gasteiger partial charge in [0.1, 0.15) is 0 Å². The van der Waals surface area contributed by atoms with Crippen molar-refractivity contribution in [2.24, 2.45) is 0 Å². The summed E-state index contributed by atoms with van der Waals surface area (Å²) < 4.78 is 5.51. The van der Waals surface area contributed by atoms with Crippen LogP contribution in [-0.2, 0) is 25.7 Å². The first-order valence-electron chi connectivity index (χ1n) is 10.1. The fraction of sp³-hybridized carbons (Fsp3) is 0.429. The standard InChI is InChI=1S/C21H25ClN4O4S/c22-17-6-2-1-4-15(17)13-26(14-19(28)24-12-16-5-3-10-30-16)20(29)8-7-18(27)25-21-23-9-11-31-21/h1-2,4,6,9,11,16H,3,5,7-8,10,12-14H2,(H,24,28)(H,23,25,27)/t16-/m0/s1. The molecule has 2 N–H and O–H groups in total. The smallest absolute Gasteiger partial charge is 0.239 e. The van der Waals surface area contributed by atoms with Crippen molar-refractivity contribution in [3.63, 3.8) is 0 Å². The third kappa shape index (κ3) is 7.61. The van der Waals surface area contributed by atoms with E-state index in [9.17, 15) is 14.4 Å². The van der Waals surface area contributed by atoms with Crippen molar-refractivity contribution in [1.29, 1.82) is 0 Å². The quantitative estimate of drug-likeness (QED) is 0.563. The average Bonchev–Trinajstić information content (AvgIpc) is 3.46. The van der Waals surface area contributed by atoms with Gasteiger partial charge in [0.15, 0.2) is 5.13 Å². The van der Waals surface area contributed by atoms with E-state index >= 15 is 0 Å². The summed E-state index contributed by atoms with van der Waals surface area (Å²) in [6.45, 7) is 1.19. The molecule has 1 atom stereocenters. The van der Waals surface area contributed by atoms with E-state index in [0.29, 0.717) is 23.3 Å². The lowest BCUT2D eigenvalue weighted by Crippen LogP contribution is -2.42. The van der Waals surface area contributed by atoms with Crippen LogP contribution in [-0.4, -0.2) is 53.4 Å². The summed E-state index contributed by atoms with van der Waals surface area (Å²) in [7, 11) is 0. The SMILES string of the molecule is O=C(CN(Cc1ccccc1Cl)C(=O)CCC(=O)Nc1nccs1)NC[C@@H]1CCCO1. The summed E-state index contributed by atoms with van der Waals surface area (Å²) in [6.07, 6.45) is 3.48. The summed E-state index contributed by atoms with van der Waals surface area (Å²) in [4.78, 5) is 42.8. The lowest BCUT2D eigenvalue weighted by Gasteiger charge is -2.23. The van der Waals surface area contributed by atoms with Gasteiger partial charge in [-0.2, -0.15) is 0 Å². The number of carbonyl (C=O) groups is 3. The molecule has 10 heteroatoms. The molecule has 0 bridgehead atoms. The molecule has 3 amide bonds. The molecule has 1 aliphatic rings. The molecule has 1 fully saturated rings. The Kier molecular flexibility index (Phi) is 8.81. The van der Waals surface area contributed by atoms with Crippen LogP contribution in [0.3, 0.4) is 0 Å². The molecule has 31 heavy (non-hydrogen) atoms. The van der Waals surface area contributed by atoms with E-state index in [-0.39, 0.29) is 49.8 Å². The summed E-state index contributed by atoms with van der Waals surface area (Å²) in [5, 5.41) is 8.23. The zero-order valence-electron chi connectivity index (χ0n) is 17.0. The zero-order valence-corrected chi connectivity index (χ0v) is 18.6. The molecule has 0 saturated carbocycles. The van der Waals surface area contributed by atoms with Crippen LogP contribution in [0.25, 0.3) is 0 Å². The molecular weight excluding hydrogens is 440 g/mol. The van der Waals surface area contributed by atoms with E-state index in [1.807, 2.05) is 12.1 Å². The minimum atomic E-state index is -0.304. The van der Waals surface area contributed by atoms with Crippen molar-refractivity contribution in [3.8, 4) is 0 Å². The molecule has 0 radical (unpaired) electrons. The predicted octanol–water partition coefficient (Wildman–Crippen LogP) is 2.84. The van der Waals surface area contributed by atoms with Gasteiger partial charge in [-0.1, -0.05) is 29.8 Å². The number of amides is 3. The molecule has 1 saturated heterocycles. The molecule has 0 aliphatic carbocycles. The molecule has 1 aromatic heterocycles. The summed E-state index contributed by atoms with van der Waals surface area (Å²) in [5.41, 5.74) is 0.733. The maximum Gasteiger partial charge on any atom is 0.239 e. The van der Waals surface area contributed by atoms with Gasteiger partial charge in [0.2, 0.25) is 17.7 Å². The van der Waals surface area contributed by atoms with Crippen molar-refractivity contribution >= 4 is 45.8 Å². The Morgan fingerprint density at radius 3 is 2.77 bits per heavy atom. The Hall–Kier alpha value is -2.49. The summed E-state index contributed by atoms with van der Waals surface area (Å²) in [5.74, 6) is -0.881. The minimum Gasteiger partial charge on any atom is -0.376 e. The number of nitrogens with zero attached hydrogens (tertiary/aromatic N) is 2. The number of thiazole rings is 1. The first-order valence-corrected chi connectivity index (χ1v) is 11.4. The normalized spacial score (nSPS) is 15.5. The van der Waals surface area contributed by atoms with Crippen LogP contribution < -0.4 is 10.6 Å². The van der Waals surface area contributed by atoms with Crippen LogP contribution >= 0.6 is 22.9 Å². The second-order valence-electron chi connectivity index (χ2n) is 7.17. The molecule has 2 aromatic rings. The van der Waals surface area contributed by atoms with Crippen LogP contribution in [0.5, 0.6) is 0 Å². The number of hydrogen-bond acceptors (Lipinski definition) is 6. The summed E-state index contributed by atoms with van der Waals surface area (Å²) >= 11 is 7.54. The Morgan fingerprint density at radius 2 is 2.06 bits per heavy atom. The molecular formula is C21H25ClN4O4S. The number of ether oxygens (including phenoxy) is 1. The van der Waals surface area contributed by atoms with Crippen molar-refractivity contribution in [3.05, 3.63) is 46.4 Å². The molecule has 166 valence electrons. The van der Waals surface area contributed by atoms with Crippen LogP contribution in [0.2, 0.25) is 5.02 Å². The Balaban J connectivity index is 1.56. The van der Waals surface area contributed by atoms with Crippen LogP contribution in [0, 0.1) is 0 Å². The van der Waals surface area contributed by atoms with Gasteiger partial charge in [0, 0.05) is 49.1 Å². The van der Waals surface area contributed by atoms with Crippen LogP contribution in [0.15, 0.2) is 35.8 Å². The van der Waals surface area contributed by atoms with E-state index in [0.717, 1.165) is 18.4 Å². The highest BCUT2D eigenvalue weighted by molar-refractivity contribution is 7.13. The van der Waals surface area contributed by atoms with E-state index in [2.05, 4.69) is 15.6 Å². The van der Waals surface area contributed by atoms with E-state index in [1.165, 1.54) is 16.2 Å². The number of halogens is 1. The fourth-order valence-corrected chi connectivity index (χ4v) is 3.91. The van der Waals surface area contributed by atoms with Crippen LogP contribution in [0.4, 0.5) is 5.13 Å². The molecule has 0 unspecified atom stereocenters. The number of benzene rings is 1. The monoisotopic (exact) mass is 464 g/mol. The number of nitrogens with one attached hydrogen (secondary N) is 2. The fourth-order valence-electron chi connectivity index (χ4n) is 3.17. The highest BCUT2D eigenvalue weighted by Crippen LogP contribution is 2.18. The van der Waals surface area contributed by atoms with Gasteiger partial charge in [0.05, 0.1) is 12.6 Å². The Labute approximate surface area is 189 Å². The molecule has 0 spiro atoms. The van der Waals surface area contributed by atoms with Crippen molar-refractivity contribution in [1.82, 2.24) is 15.2 Å². The zero-order chi connectivity index (χ0) is 22.1. The highest BCUT2D eigenvalue weighted by atomic mass is 35.5. The first kappa shape index (κ1) is 23.2. The van der Waals surface area contributed by atoms with E-state index in [1.54, 1.807) is 23.7 Å². The van der Waals surface area contributed by atoms with Gasteiger partial charge in [-0.25, -0.2) is 4.98 Å². The van der Waals surface area contributed by atoms with Gasteiger partial charge in [-0.05, 0) is 24.5 Å².